The van der Waals surface area contributed by atoms with Gasteiger partial charge in [-0.3, -0.25) is 14.4 Å². The Labute approximate surface area is 204 Å². The first kappa shape index (κ1) is 26.6. The SMILES string of the molecule is COC(=O)[C@H](C[C@@H]1CC(C)(C)NC1=O)NC(=O)[C@H](CC1CC1)NC(=O)[C@@H](N)Cc1ccc(F)cc1. The molecule has 10 heteroatoms. The highest BCUT2D eigenvalue weighted by Gasteiger charge is 2.41. The Morgan fingerprint density at radius 3 is 2.29 bits per heavy atom. The topological polar surface area (TPSA) is 140 Å². The highest BCUT2D eigenvalue weighted by molar-refractivity contribution is 5.92. The summed E-state index contributed by atoms with van der Waals surface area (Å²) in [6, 6.07) is 2.86. The van der Waals surface area contributed by atoms with E-state index in [4.69, 9.17) is 10.5 Å². The van der Waals surface area contributed by atoms with Gasteiger partial charge in [0, 0.05) is 11.5 Å². The number of amides is 3. The third-order valence-electron chi connectivity index (χ3n) is 6.52. The van der Waals surface area contributed by atoms with E-state index >= 15 is 0 Å². The van der Waals surface area contributed by atoms with E-state index in [1.807, 2.05) is 13.8 Å². The fourth-order valence-electron chi connectivity index (χ4n) is 4.46. The number of hydrogen-bond acceptors (Lipinski definition) is 6. The van der Waals surface area contributed by atoms with E-state index in [1.165, 1.54) is 19.2 Å². The van der Waals surface area contributed by atoms with Crippen LogP contribution in [0, 0.1) is 17.7 Å². The number of esters is 1. The molecule has 0 radical (unpaired) electrons. The highest BCUT2D eigenvalue weighted by atomic mass is 19.1. The lowest BCUT2D eigenvalue weighted by atomic mass is 9.91. The molecule has 0 unspecified atom stereocenters. The van der Waals surface area contributed by atoms with Gasteiger partial charge in [-0.05, 0) is 63.1 Å². The number of halogens is 1. The Hall–Kier alpha value is -3.01. The van der Waals surface area contributed by atoms with Crippen molar-refractivity contribution >= 4 is 23.7 Å². The molecule has 0 aromatic heterocycles. The van der Waals surface area contributed by atoms with Gasteiger partial charge in [0.2, 0.25) is 17.7 Å². The summed E-state index contributed by atoms with van der Waals surface area (Å²) in [5.41, 5.74) is 6.35. The van der Waals surface area contributed by atoms with Gasteiger partial charge in [-0.15, -0.1) is 0 Å². The minimum atomic E-state index is -1.02. The van der Waals surface area contributed by atoms with Gasteiger partial charge in [-0.1, -0.05) is 25.0 Å². The molecule has 3 rings (SSSR count). The fraction of sp³-hybridized carbons (Fsp3) is 0.600. The van der Waals surface area contributed by atoms with Crippen LogP contribution in [0.3, 0.4) is 0 Å². The first-order chi connectivity index (χ1) is 16.5. The Morgan fingerprint density at radius 1 is 1.11 bits per heavy atom. The van der Waals surface area contributed by atoms with Crippen LogP contribution in [-0.4, -0.2) is 54.5 Å². The van der Waals surface area contributed by atoms with Gasteiger partial charge in [0.05, 0.1) is 13.2 Å². The number of nitrogens with two attached hydrogens (primary N) is 1. The number of methoxy groups -OCH3 is 1. The second-order valence-corrected chi connectivity index (χ2v) is 10.3. The zero-order chi connectivity index (χ0) is 25.8. The summed E-state index contributed by atoms with van der Waals surface area (Å²) in [7, 11) is 1.22. The molecule has 4 atom stereocenters. The van der Waals surface area contributed by atoms with Gasteiger partial charge in [-0.25, -0.2) is 9.18 Å². The van der Waals surface area contributed by atoms with Gasteiger partial charge in [0.1, 0.15) is 17.9 Å². The standard InChI is InChI=1S/C25H35FN4O5/c1-25(2)13-16(21(31)30-25)12-20(24(34)35-3)29-23(33)19(11-15-4-5-15)28-22(32)18(27)10-14-6-8-17(26)9-7-14/h6-9,15-16,18-20H,4-5,10-13,27H2,1-3H3,(H,28,32)(H,29,33)(H,30,31)/t16-,18+,19+,20+/m1/s1. The van der Waals surface area contributed by atoms with Crippen molar-refractivity contribution in [2.24, 2.45) is 17.6 Å². The molecular weight excluding hydrogens is 455 g/mol. The van der Waals surface area contributed by atoms with Crippen LogP contribution in [0.25, 0.3) is 0 Å². The molecule has 1 saturated heterocycles. The van der Waals surface area contributed by atoms with Crippen molar-refractivity contribution in [1.29, 1.82) is 0 Å². The third kappa shape index (κ3) is 7.74. The Morgan fingerprint density at radius 2 is 1.74 bits per heavy atom. The molecule has 1 heterocycles. The summed E-state index contributed by atoms with van der Waals surface area (Å²) in [6.45, 7) is 3.79. The molecule has 1 aromatic rings. The summed E-state index contributed by atoms with van der Waals surface area (Å²) in [6.07, 6.45) is 3.14. The molecule has 1 saturated carbocycles. The van der Waals surface area contributed by atoms with Gasteiger partial charge >= 0.3 is 5.97 Å². The van der Waals surface area contributed by atoms with Crippen molar-refractivity contribution in [3.05, 3.63) is 35.6 Å². The summed E-state index contributed by atoms with van der Waals surface area (Å²) in [5, 5.41) is 8.28. The summed E-state index contributed by atoms with van der Waals surface area (Å²) in [5.74, 6) is -2.39. The summed E-state index contributed by atoms with van der Waals surface area (Å²) >= 11 is 0. The maximum Gasteiger partial charge on any atom is 0.328 e. The van der Waals surface area contributed by atoms with E-state index < -0.39 is 47.4 Å². The number of hydrogen-bond donors (Lipinski definition) is 4. The molecular formula is C25H35FN4O5. The highest BCUT2D eigenvalue weighted by Crippen LogP contribution is 2.34. The molecule has 5 N–H and O–H groups in total. The van der Waals surface area contributed by atoms with E-state index in [9.17, 15) is 23.6 Å². The number of benzene rings is 1. The Bertz CT molecular complexity index is 948. The van der Waals surface area contributed by atoms with Crippen molar-refractivity contribution in [2.75, 3.05) is 7.11 Å². The molecule has 1 aromatic carbocycles. The minimum Gasteiger partial charge on any atom is -0.467 e. The predicted molar refractivity (Wildman–Crippen MR) is 126 cm³/mol. The number of rotatable bonds is 11. The van der Waals surface area contributed by atoms with E-state index in [-0.39, 0.29) is 24.6 Å². The lowest BCUT2D eigenvalue weighted by Crippen LogP contribution is -2.55. The number of carbonyl (C=O) groups is 4. The molecule has 2 aliphatic rings. The zero-order valence-electron chi connectivity index (χ0n) is 20.4. The second-order valence-electron chi connectivity index (χ2n) is 10.3. The van der Waals surface area contributed by atoms with Gasteiger partial charge in [-0.2, -0.15) is 0 Å². The monoisotopic (exact) mass is 490 g/mol. The summed E-state index contributed by atoms with van der Waals surface area (Å²) < 4.78 is 18.0. The van der Waals surface area contributed by atoms with Gasteiger partial charge < -0.3 is 26.4 Å². The normalized spacial score (nSPS) is 21.4. The molecule has 3 amide bonds. The van der Waals surface area contributed by atoms with Crippen LogP contribution in [0.1, 0.15) is 51.5 Å². The van der Waals surface area contributed by atoms with E-state index in [0.717, 1.165) is 12.8 Å². The lowest BCUT2D eigenvalue weighted by molar-refractivity contribution is -0.146. The van der Waals surface area contributed by atoms with Crippen LogP contribution < -0.4 is 21.7 Å². The van der Waals surface area contributed by atoms with Crippen LogP contribution >= 0.6 is 0 Å². The van der Waals surface area contributed by atoms with Crippen LogP contribution in [-0.2, 0) is 30.3 Å². The van der Waals surface area contributed by atoms with E-state index in [2.05, 4.69) is 16.0 Å². The predicted octanol–water partition coefficient (Wildman–Crippen LogP) is 0.943. The lowest BCUT2D eigenvalue weighted by Gasteiger charge is -2.24. The largest absolute Gasteiger partial charge is 0.467 e. The smallest absolute Gasteiger partial charge is 0.328 e. The van der Waals surface area contributed by atoms with Crippen LogP contribution in [0.5, 0.6) is 0 Å². The maximum absolute atomic E-state index is 13.2. The number of nitrogens with one attached hydrogen (secondary N) is 3. The zero-order valence-corrected chi connectivity index (χ0v) is 20.4. The third-order valence-corrected chi connectivity index (χ3v) is 6.52. The van der Waals surface area contributed by atoms with Crippen molar-refractivity contribution < 1.29 is 28.3 Å². The average molecular weight is 491 g/mol. The Kier molecular flexibility index (Phi) is 8.47. The number of carbonyl (C=O) groups excluding carboxylic acids is 4. The first-order valence-electron chi connectivity index (χ1n) is 12.0. The van der Waals surface area contributed by atoms with Crippen molar-refractivity contribution in [3.8, 4) is 0 Å². The maximum atomic E-state index is 13.2. The van der Waals surface area contributed by atoms with Crippen molar-refractivity contribution in [2.45, 2.75) is 76.0 Å². The number of ether oxygens (including phenoxy) is 1. The van der Waals surface area contributed by atoms with Crippen molar-refractivity contribution in [3.63, 3.8) is 0 Å². The van der Waals surface area contributed by atoms with Crippen LogP contribution in [0.15, 0.2) is 24.3 Å². The molecule has 9 nitrogen and oxygen atoms in total. The molecule has 192 valence electrons. The quantitative estimate of drug-likeness (QED) is 0.341. The second kappa shape index (κ2) is 11.2. The molecule has 35 heavy (non-hydrogen) atoms. The first-order valence-corrected chi connectivity index (χ1v) is 12.0. The molecule has 1 aliphatic carbocycles. The molecule has 1 aliphatic heterocycles. The molecule has 0 spiro atoms. The van der Waals surface area contributed by atoms with Crippen LogP contribution in [0.4, 0.5) is 4.39 Å². The van der Waals surface area contributed by atoms with Gasteiger partial charge in [0.15, 0.2) is 0 Å². The van der Waals surface area contributed by atoms with E-state index in [0.29, 0.717) is 24.3 Å². The fourth-order valence-corrected chi connectivity index (χ4v) is 4.46. The van der Waals surface area contributed by atoms with Gasteiger partial charge in [0.25, 0.3) is 0 Å². The summed E-state index contributed by atoms with van der Waals surface area (Å²) in [4.78, 5) is 50.7. The average Bonchev–Trinajstić information content (AvgIpc) is 3.57. The van der Waals surface area contributed by atoms with Crippen molar-refractivity contribution in [1.82, 2.24) is 16.0 Å². The van der Waals surface area contributed by atoms with E-state index in [1.54, 1.807) is 12.1 Å². The molecule has 2 fully saturated rings. The van der Waals surface area contributed by atoms with Crippen LogP contribution in [0.2, 0.25) is 0 Å². The Balaban J connectivity index is 1.64. The minimum absolute atomic E-state index is 0.0991. The molecule has 0 bridgehead atoms.